The summed E-state index contributed by atoms with van der Waals surface area (Å²) in [6.07, 6.45) is -0.00415. The van der Waals surface area contributed by atoms with Gasteiger partial charge in [-0.1, -0.05) is 44.2 Å². The van der Waals surface area contributed by atoms with E-state index in [4.69, 9.17) is 10.5 Å². The number of amides is 1. The van der Waals surface area contributed by atoms with Crippen molar-refractivity contribution in [1.82, 2.24) is 5.32 Å². The number of rotatable bonds is 6. The molecule has 2 atom stereocenters. The Morgan fingerprint density at radius 2 is 1.95 bits per heavy atom. The van der Waals surface area contributed by atoms with Crippen molar-refractivity contribution in [2.75, 3.05) is 13.7 Å². The molecule has 0 aromatic heterocycles. The number of carbonyl (C=O) groups is 1. The van der Waals surface area contributed by atoms with Crippen LogP contribution in [0.2, 0.25) is 0 Å². The average molecular weight is 264 g/mol. The van der Waals surface area contributed by atoms with Crippen LogP contribution in [0.15, 0.2) is 30.3 Å². The van der Waals surface area contributed by atoms with E-state index in [1.165, 1.54) is 0 Å². The first kappa shape index (κ1) is 15.7. The minimum Gasteiger partial charge on any atom is -0.379 e. The Morgan fingerprint density at radius 1 is 1.37 bits per heavy atom. The third kappa shape index (κ3) is 4.04. The molecule has 106 valence electrons. The third-order valence-electron chi connectivity index (χ3n) is 3.36. The van der Waals surface area contributed by atoms with Crippen LogP contribution < -0.4 is 11.1 Å². The summed E-state index contributed by atoms with van der Waals surface area (Å²) in [6, 6.07) is 9.36. The van der Waals surface area contributed by atoms with Crippen LogP contribution in [-0.4, -0.2) is 25.7 Å². The molecule has 0 aliphatic heterocycles. The predicted octanol–water partition coefficient (Wildman–Crippen LogP) is 1.65. The van der Waals surface area contributed by atoms with E-state index in [0.29, 0.717) is 12.5 Å². The molecule has 0 spiro atoms. The van der Waals surface area contributed by atoms with E-state index in [9.17, 15) is 4.79 Å². The second-order valence-electron chi connectivity index (χ2n) is 5.30. The summed E-state index contributed by atoms with van der Waals surface area (Å²) in [7, 11) is 1.65. The zero-order valence-electron chi connectivity index (χ0n) is 12.1. The lowest BCUT2D eigenvalue weighted by molar-refractivity contribution is -0.126. The Balaban J connectivity index is 2.67. The topological polar surface area (TPSA) is 64.3 Å². The monoisotopic (exact) mass is 264 g/mol. The molecule has 2 unspecified atom stereocenters. The molecular formula is C15H24N2O2. The van der Waals surface area contributed by atoms with Gasteiger partial charge in [-0.3, -0.25) is 4.79 Å². The number of nitrogens with two attached hydrogens (primary N) is 1. The van der Waals surface area contributed by atoms with Gasteiger partial charge in [0.15, 0.2) is 0 Å². The van der Waals surface area contributed by atoms with Crippen LogP contribution in [0.3, 0.4) is 0 Å². The zero-order chi connectivity index (χ0) is 14.5. The molecule has 3 N–H and O–H groups in total. The van der Waals surface area contributed by atoms with Gasteiger partial charge in [0.2, 0.25) is 5.91 Å². The van der Waals surface area contributed by atoms with Crippen LogP contribution in [0.4, 0.5) is 0 Å². The van der Waals surface area contributed by atoms with Gasteiger partial charge in [0.05, 0.1) is 6.10 Å². The fourth-order valence-electron chi connectivity index (χ4n) is 1.88. The van der Waals surface area contributed by atoms with Gasteiger partial charge in [-0.25, -0.2) is 0 Å². The Bertz CT molecular complexity index is 402. The Kier molecular flexibility index (Phi) is 5.51. The molecule has 19 heavy (non-hydrogen) atoms. The first-order valence-corrected chi connectivity index (χ1v) is 6.55. The van der Waals surface area contributed by atoms with E-state index in [2.05, 4.69) is 19.2 Å². The molecule has 1 rings (SSSR count). The molecule has 0 fully saturated rings. The minimum absolute atomic E-state index is 0.00415. The summed E-state index contributed by atoms with van der Waals surface area (Å²) in [6.45, 7) is 6.29. The first-order chi connectivity index (χ1) is 8.89. The van der Waals surface area contributed by atoms with Gasteiger partial charge in [0, 0.05) is 13.7 Å². The summed E-state index contributed by atoms with van der Waals surface area (Å²) in [5, 5.41) is 2.86. The summed E-state index contributed by atoms with van der Waals surface area (Å²) < 4.78 is 5.32. The lowest BCUT2D eigenvalue weighted by Crippen LogP contribution is -2.51. The van der Waals surface area contributed by atoms with Gasteiger partial charge in [-0.2, -0.15) is 0 Å². The quantitative estimate of drug-likeness (QED) is 0.821. The number of benzene rings is 1. The number of methoxy groups -OCH3 is 1. The highest BCUT2D eigenvalue weighted by Crippen LogP contribution is 2.17. The van der Waals surface area contributed by atoms with Crippen LogP contribution in [0.25, 0.3) is 0 Å². The van der Waals surface area contributed by atoms with Crippen LogP contribution in [0.5, 0.6) is 0 Å². The molecule has 0 aliphatic rings. The molecule has 1 aromatic rings. The summed E-state index contributed by atoms with van der Waals surface area (Å²) in [5.74, 6) is 0.146. The highest BCUT2D eigenvalue weighted by Gasteiger charge is 2.30. The standard InChI is InChI=1S/C15H24N2O2/c1-11(2)13(19-4)10-17-14(18)15(3,16)12-8-6-5-7-9-12/h5-9,11,13H,10,16H2,1-4H3,(H,17,18). The van der Waals surface area contributed by atoms with Gasteiger partial charge in [0.25, 0.3) is 0 Å². The molecule has 0 bridgehead atoms. The van der Waals surface area contributed by atoms with Crippen LogP contribution >= 0.6 is 0 Å². The van der Waals surface area contributed by atoms with Crippen LogP contribution in [-0.2, 0) is 15.1 Å². The second kappa shape index (κ2) is 6.68. The van der Waals surface area contributed by atoms with Crippen molar-refractivity contribution in [3.8, 4) is 0 Å². The van der Waals surface area contributed by atoms with Crippen molar-refractivity contribution in [3.63, 3.8) is 0 Å². The molecule has 4 heteroatoms. The van der Waals surface area contributed by atoms with Crippen molar-refractivity contribution in [1.29, 1.82) is 0 Å². The van der Waals surface area contributed by atoms with Crippen molar-refractivity contribution < 1.29 is 9.53 Å². The van der Waals surface area contributed by atoms with E-state index < -0.39 is 5.54 Å². The van der Waals surface area contributed by atoms with Gasteiger partial charge < -0.3 is 15.8 Å². The number of carbonyl (C=O) groups excluding carboxylic acids is 1. The molecule has 0 radical (unpaired) electrons. The summed E-state index contributed by atoms with van der Waals surface area (Å²) >= 11 is 0. The molecule has 0 heterocycles. The van der Waals surface area contributed by atoms with Crippen molar-refractivity contribution in [2.45, 2.75) is 32.4 Å². The molecule has 1 amide bonds. The fraction of sp³-hybridized carbons (Fsp3) is 0.533. The van der Waals surface area contributed by atoms with E-state index in [1.807, 2.05) is 30.3 Å². The number of hydrogen-bond acceptors (Lipinski definition) is 3. The van der Waals surface area contributed by atoms with E-state index in [0.717, 1.165) is 5.56 Å². The van der Waals surface area contributed by atoms with Gasteiger partial charge in [0.1, 0.15) is 5.54 Å². The van der Waals surface area contributed by atoms with E-state index in [-0.39, 0.29) is 12.0 Å². The van der Waals surface area contributed by atoms with Crippen LogP contribution in [0.1, 0.15) is 26.3 Å². The van der Waals surface area contributed by atoms with Crippen molar-refractivity contribution >= 4 is 5.91 Å². The highest BCUT2D eigenvalue weighted by molar-refractivity contribution is 5.86. The number of ether oxygens (including phenoxy) is 1. The number of hydrogen-bond donors (Lipinski definition) is 2. The van der Waals surface area contributed by atoms with Gasteiger partial charge >= 0.3 is 0 Å². The predicted molar refractivity (Wildman–Crippen MR) is 76.6 cm³/mol. The first-order valence-electron chi connectivity index (χ1n) is 6.55. The highest BCUT2D eigenvalue weighted by atomic mass is 16.5. The average Bonchev–Trinajstić information content (AvgIpc) is 2.39. The van der Waals surface area contributed by atoms with Crippen molar-refractivity contribution in [2.24, 2.45) is 11.7 Å². The second-order valence-corrected chi connectivity index (χ2v) is 5.30. The van der Waals surface area contributed by atoms with E-state index >= 15 is 0 Å². The molecule has 0 saturated heterocycles. The lowest BCUT2D eigenvalue weighted by Gasteiger charge is -2.26. The number of nitrogens with one attached hydrogen (secondary N) is 1. The Hall–Kier alpha value is -1.39. The normalized spacial score (nSPS) is 15.9. The lowest BCUT2D eigenvalue weighted by atomic mass is 9.92. The summed E-state index contributed by atoms with van der Waals surface area (Å²) in [5.41, 5.74) is 5.90. The largest absolute Gasteiger partial charge is 0.379 e. The maximum absolute atomic E-state index is 12.2. The Morgan fingerprint density at radius 3 is 2.42 bits per heavy atom. The molecule has 1 aromatic carbocycles. The van der Waals surface area contributed by atoms with Crippen molar-refractivity contribution in [3.05, 3.63) is 35.9 Å². The zero-order valence-corrected chi connectivity index (χ0v) is 12.1. The fourth-order valence-corrected chi connectivity index (χ4v) is 1.88. The molecule has 4 nitrogen and oxygen atoms in total. The third-order valence-corrected chi connectivity index (χ3v) is 3.36. The maximum atomic E-state index is 12.2. The molecular weight excluding hydrogens is 240 g/mol. The maximum Gasteiger partial charge on any atom is 0.244 e. The molecule has 0 saturated carbocycles. The smallest absolute Gasteiger partial charge is 0.244 e. The van der Waals surface area contributed by atoms with Crippen LogP contribution in [0, 0.1) is 5.92 Å². The van der Waals surface area contributed by atoms with Gasteiger partial charge in [-0.15, -0.1) is 0 Å². The minimum atomic E-state index is -1.03. The SMILES string of the molecule is COC(CNC(=O)C(C)(N)c1ccccc1)C(C)C. The summed E-state index contributed by atoms with van der Waals surface area (Å²) in [4.78, 5) is 12.2. The Labute approximate surface area is 115 Å². The van der Waals surface area contributed by atoms with E-state index in [1.54, 1.807) is 14.0 Å². The van der Waals surface area contributed by atoms with Gasteiger partial charge in [-0.05, 0) is 18.4 Å². The molecule has 0 aliphatic carbocycles.